The molecular formula is C19H13Cl2N5O4. The van der Waals surface area contributed by atoms with E-state index in [1.165, 1.54) is 16.8 Å². The number of aromatic nitrogens is 4. The Hall–Kier alpha value is -3.43. The van der Waals surface area contributed by atoms with Gasteiger partial charge in [-0.25, -0.2) is 9.48 Å². The van der Waals surface area contributed by atoms with Crippen LogP contribution in [0.1, 0.15) is 21.9 Å². The number of amides is 1. The Kier molecular flexibility index (Phi) is 5.15. The highest BCUT2D eigenvalue weighted by Gasteiger charge is 2.17. The van der Waals surface area contributed by atoms with Gasteiger partial charge in [0, 0.05) is 34.6 Å². The molecule has 0 fully saturated rings. The van der Waals surface area contributed by atoms with Crippen LogP contribution in [-0.2, 0) is 13.5 Å². The van der Waals surface area contributed by atoms with Gasteiger partial charge in [-0.1, -0.05) is 41.4 Å². The van der Waals surface area contributed by atoms with Crippen LogP contribution in [-0.4, -0.2) is 25.8 Å². The highest BCUT2D eigenvalue weighted by Crippen LogP contribution is 2.32. The second kappa shape index (κ2) is 7.77. The van der Waals surface area contributed by atoms with Crippen molar-refractivity contribution in [2.24, 2.45) is 7.05 Å². The van der Waals surface area contributed by atoms with Crippen LogP contribution >= 0.6 is 23.2 Å². The summed E-state index contributed by atoms with van der Waals surface area (Å²) in [6, 6.07) is 10.2. The summed E-state index contributed by atoms with van der Waals surface area (Å²) in [4.78, 5) is 37.5. The first kappa shape index (κ1) is 19.9. The second-order valence-corrected chi connectivity index (χ2v) is 7.23. The van der Waals surface area contributed by atoms with Gasteiger partial charge in [0.25, 0.3) is 11.5 Å². The summed E-state index contributed by atoms with van der Waals surface area (Å²) < 4.78 is 5.57. The van der Waals surface area contributed by atoms with E-state index in [1.807, 2.05) is 12.1 Å². The zero-order chi connectivity index (χ0) is 21.4. The molecule has 0 saturated heterocycles. The standard InChI is InChI=1S/C19H13Cl2N5O4/c1-26-18(28)11-5-3-2-4-10(11)15(24-26)8-12-13(20)6-9(7-14(12)21)22-17(27)16-23-19(29)30-25-16/h2-7H,8H2,1H3,(H,22,27)(H,23,25,29). The van der Waals surface area contributed by atoms with Crippen molar-refractivity contribution in [1.82, 2.24) is 19.9 Å². The van der Waals surface area contributed by atoms with Crippen LogP contribution in [0.5, 0.6) is 0 Å². The SMILES string of the molecule is Cn1nc(Cc2c(Cl)cc(NC(=O)c3noc(=O)[nH]3)cc2Cl)c2ccccc2c1=O. The molecular weight excluding hydrogens is 433 g/mol. The third-order valence-electron chi connectivity index (χ3n) is 4.43. The fraction of sp³-hybridized carbons (Fsp3) is 0.105. The molecule has 0 saturated carbocycles. The minimum absolute atomic E-state index is 0.199. The number of halogens is 2. The molecule has 11 heteroatoms. The van der Waals surface area contributed by atoms with Crippen molar-refractivity contribution in [1.29, 1.82) is 0 Å². The number of carbonyl (C=O) groups is 1. The number of H-pyrrole nitrogens is 1. The van der Waals surface area contributed by atoms with Crippen molar-refractivity contribution >= 4 is 45.6 Å². The van der Waals surface area contributed by atoms with E-state index in [2.05, 4.69) is 25.1 Å². The maximum atomic E-state index is 12.3. The Morgan fingerprint density at radius 3 is 2.47 bits per heavy atom. The molecule has 0 aliphatic heterocycles. The Morgan fingerprint density at radius 2 is 1.83 bits per heavy atom. The molecule has 0 aliphatic carbocycles. The zero-order valence-corrected chi connectivity index (χ0v) is 16.9. The minimum Gasteiger partial charge on any atom is -0.319 e. The molecule has 9 nitrogen and oxygen atoms in total. The van der Waals surface area contributed by atoms with Gasteiger partial charge in [-0.2, -0.15) is 5.10 Å². The Labute approximate surface area is 178 Å². The molecule has 4 aromatic rings. The third-order valence-corrected chi connectivity index (χ3v) is 5.11. The van der Waals surface area contributed by atoms with Gasteiger partial charge >= 0.3 is 5.76 Å². The molecule has 0 spiro atoms. The van der Waals surface area contributed by atoms with Gasteiger partial charge in [-0.3, -0.25) is 19.1 Å². The molecule has 0 bridgehead atoms. The van der Waals surface area contributed by atoms with E-state index in [0.717, 1.165) is 0 Å². The summed E-state index contributed by atoms with van der Waals surface area (Å²) in [5, 5.41) is 12.0. The van der Waals surface area contributed by atoms with Crippen LogP contribution in [0, 0.1) is 0 Å². The van der Waals surface area contributed by atoms with Crippen molar-refractivity contribution in [3.63, 3.8) is 0 Å². The number of fused-ring (bicyclic) bond motifs is 1. The van der Waals surface area contributed by atoms with Crippen molar-refractivity contribution in [2.75, 3.05) is 5.32 Å². The van der Waals surface area contributed by atoms with E-state index >= 15 is 0 Å². The third kappa shape index (κ3) is 3.72. The maximum Gasteiger partial charge on any atom is 0.439 e. The lowest BCUT2D eigenvalue weighted by Crippen LogP contribution is -2.21. The summed E-state index contributed by atoms with van der Waals surface area (Å²) in [6.45, 7) is 0. The molecule has 0 aliphatic rings. The average molecular weight is 446 g/mol. The molecule has 4 rings (SSSR count). The quantitative estimate of drug-likeness (QED) is 0.497. The van der Waals surface area contributed by atoms with Crippen molar-refractivity contribution in [3.8, 4) is 0 Å². The van der Waals surface area contributed by atoms with Crippen LogP contribution in [0.25, 0.3) is 10.8 Å². The highest BCUT2D eigenvalue weighted by atomic mass is 35.5. The lowest BCUT2D eigenvalue weighted by Gasteiger charge is -2.12. The van der Waals surface area contributed by atoms with Crippen LogP contribution in [0.2, 0.25) is 10.0 Å². The van der Waals surface area contributed by atoms with Crippen molar-refractivity contribution in [2.45, 2.75) is 6.42 Å². The van der Waals surface area contributed by atoms with E-state index in [4.69, 9.17) is 23.2 Å². The fourth-order valence-electron chi connectivity index (χ4n) is 3.04. The predicted molar refractivity (Wildman–Crippen MR) is 111 cm³/mol. The largest absolute Gasteiger partial charge is 0.439 e. The monoisotopic (exact) mass is 445 g/mol. The number of aromatic amines is 1. The first-order chi connectivity index (χ1) is 14.3. The number of rotatable bonds is 4. The van der Waals surface area contributed by atoms with E-state index in [0.29, 0.717) is 37.8 Å². The molecule has 0 atom stereocenters. The van der Waals surface area contributed by atoms with Gasteiger partial charge in [0.1, 0.15) is 0 Å². The molecule has 2 aromatic heterocycles. The van der Waals surface area contributed by atoms with E-state index in [1.54, 1.807) is 19.2 Å². The van der Waals surface area contributed by atoms with Crippen molar-refractivity contribution in [3.05, 3.63) is 84.4 Å². The van der Waals surface area contributed by atoms with Crippen LogP contribution in [0.4, 0.5) is 5.69 Å². The average Bonchev–Trinajstić information content (AvgIpc) is 3.15. The molecule has 0 unspecified atom stereocenters. The van der Waals surface area contributed by atoms with Gasteiger partial charge in [0.05, 0.1) is 11.1 Å². The van der Waals surface area contributed by atoms with Crippen LogP contribution < -0.4 is 16.6 Å². The van der Waals surface area contributed by atoms with Crippen LogP contribution in [0.15, 0.2) is 50.5 Å². The van der Waals surface area contributed by atoms with E-state index < -0.39 is 11.7 Å². The fourth-order valence-corrected chi connectivity index (χ4v) is 3.66. The Balaban J connectivity index is 1.67. The number of hydrogen-bond donors (Lipinski definition) is 2. The number of carbonyl (C=O) groups excluding carboxylic acids is 1. The number of nitrogens with one attached hydrogen (secondary N) is 2. The van der Waals surface area contributed by atoms with Crippen molar-refractivity contribution < 1.29 is 9.32 Å². The Morgan fingerprint density at radius 1 is 1.17 bits per heavy atom. The van der Waals surface area contributed by atoms with Gasteiger partial charge in [0.2, 0.25) is 5.82 Å². The number of anilines is 1. The normalized spacial score (nSPS) is 11.0. The lowest BCUT2D eigenvalue weighted by atomic mass is 10.0. The molecule has 30 heavy (non-hydrogen) atoms. The second-order valence-electron chi connectivity index (χ2n) is 6.41. The zero-order valence-electron chi connectivity index (χ0n) is 15.4. The van der Waals surface area contributed by atoms with E-state index in [9.17, 15) is 14.4 Å². The summed E-state index contributed by atoms with van der Waals surface area (Å²) in [5.41, 5.74) is 1.33. The summed E-state index contributed by atoms with van der Waals surface area (Å²) in [5.74, 6) is -1.81. The smallest absolute Gasteiger partial charge is 0.319 e. The topological polar surface area (TPSA) is 123 Å². The van der Waals surface area contributed by atoms with Gasteiger partial charge < -0.3 is 5.32 Å². The first-order valence-corrected chi connectivity index (χ1v) is 9.39. The number of nitrogens with zero attached hydrogens (tertiary/aromatic N) is 3. The number of aryl methyl sites for hydroxylation is 1. The summed E-state index contributed by atoms with van der Waals surface area (Å²) >= 11 is 12.8. The minimum atomic E-state index is -0.844. The number of hydrogen-bond acceptors (Lipinski definition) is 6. The van der Waals surface area contributed by atoms with Gasteiger partial charge in [-0.15, -0.1) is 0 Å². The molecule has 2 aromatic carbocycles. The maximum absolute atomic E-state index is 12.3. The van der Waals surface area contributed by atoms with E-state index in [-0.39, 0.29) is 17.8 Å². The first-order valence-electron chi connectivity index (χ1n) is 8.63. The highest BCUT2D eigenvalue weighted by molar-refractivity contribution is 6.36. The van der Waals surface area contributed by atoms with Gasteiger partial charge in [0.15, 0.2) is 0 Å². The Bertz CT molecular complexity index is 1380. The molecule has 0 radical (unpaired) electrons. The predicted octanol–water partition coefficient (Wildman–Crippen LogP) is 2.76. The summed E-state index contributed by atoms with van der Waals surface area (Å²) in [7, 11) is 1.58. The lowest BCUT2D eigenvalue weighted by molar-refractivity contribution is 0.101. The molecule has 2 N–H and O–H groups in total. The van der Waals surface area contributed by atoms with Crippen LogP contribution in [0.3, 0.4) is 0 Å². The van der Waals surface area contributed by atoms with Gasteiger partial charge in [-0.05, 0) is 28.9 Å². The molecule has 2 heterocycles. The molecule has 152 valence electrons. The molecule has 1 amide bonds. The summed E-state index contributed by atoms with van der Waals surface area (Å²) in [6.07, 6.45) is 0.275. The number of benzene rings is 2.